The van der Waals surface area contributed by atoms with Crippen LogP contribution in [0.4, 0.5) is 0 Å². The first-order chi connectivity index (χ1) is 1.73. The van der Waals surface area contributed by atoms with Crippen molar-refractivity contribution in [1.29, 1.82) is 0 Å². The molecule has 6 heavy (non-hydrogen) atoms. The molecule has 0 aliphatic carbocycles. The molecule has 6 heteroatoms. The van der Waals surface area contributed by atoms with E-state index in [-0.39, 0.29) is 33.6 Å². The minimum atomic E-state index is -1.75. The maximum absolute atomic E-state index is 8.25. The van der Waals surface area contributed by atoms with Crippen molar-refractivity contribution in [3.63, 3.8) is 0 Å². The molecule has 0 saturated carbocycles. The van der Waals surface area contributed by atoms with Crippen LogP contribution in [0.1, 0.15) is 0 Å². The largest absolute Gasteiger partial charge is 0.356 e. The van der Waals surface area contributed by atoms with E-state index in [2.05, 4.69) is 0 Å². The van der Waals surface area contributed by atoms with Gasteiger partial charge in [0.15, 0.2) is 0 Å². The maximum Gasteiger partial charge on any atom is 0.0689 e. The topological polar surface area (TPSA) is 66.2 Å². The summed E-state index contributed by atoms with van der Waals surface area (Å²) in [5.74, 6) is 0. The summed E-state index contributed by atoms with van der Waals surface area (Å²) in [5.41, 5.74) is 0. The van der Waals surface area contributed by atoms with Gasteiger partial charge < -0.3 is 15.3 Å². The zero-order chi connectivity index (χ0) is 3.58. The van der Waals surface area contributed by atoms with E-state index in [4.69, 9.17) is 15.3 Å². The van der Waals surface area contributed by atoms with Gasteiger partial charge in [0.2, 0.25) is 0 Å². The second kappa shape index (κ2) is 8.96. The molecule has 0 heterocycles. The van der Waals surface area contributed by atoms with E-state index in [1.807, 2.05) is 0 Å². The third kappa shape index (κ3) is 959. The van der Waals surface area contributed by atoms with E-state index >= 15 is 0 Å². The Morgan fingerprint density at radius 1 is 1.33 bits per heavy atom. The van der Waals surface area contributed by atoms with Crippen LogP contribution in [-0.2, 0) is 33.6 Å². The van der Waals surface area contributed by atoms with Crippen LogP contribution in [0, 0.1) is 15.3 Å². The molecule has 4 nitrogen and oxygen atoms in total. The normalized spacial score (nSPS) is 4.00. The molecule has 0 aromatic rings. The standard InChI is InChI=1S/Mn.NO3.Ni/c;2-1(3)4;/q;-1;. The monoisotopic (exact) mass is 175 g/mol. The van der Waals surface area contributed by atoms with Crippen molar-refractivity contribution in [3.8, 4) is 0 Å². The van der Waals surface area contributed by atoms with Gasteiger partial charge in [0.1, 0.15) is 0 Å². The summed E-state index contributed by atoms with van der Waals surface area (Å²) in [4.78, 5) is 8.25. The van der Waals surface area contributed by atoms with Gasteiger partial charge in [0, 0.05) is 33.6 Å². The first kappa shape index (κ1) is 16.4. The zero-order valence-corrected chi connectivity index (χ0v) is 4.53. The van der Waals surface area contributed by atoms with Crippen LogP contribution in [0.15, 0.2) is 0 Å². The predicted octanol–water partition coefficient (Wildman–Crippen LogP) is -0.244. The molecule has 0 rings (SSSR count). The van der Waals surface area contributed by atoms with Gasteiger partial charge >= 0.3 is 0 Å². The minimum absolute atomic E-state index is 0. The molecule has 0 spiro atoms. The van der Waals surface area contributed by atoms with Crippen LogP contribution in [0.3, 0.4) is 0 Å². The molecule has 0 aliphatic heterocycles. The van der Waals surface area contributed by atoms with Gasteiger partial charge in [-0.3, -0.25) is 0 Å². The number of hydrogen-bond acceptors (Lipinski definition) is 3. The molecule has 0 aromatic carbocycles. The van der Waals surface area contributed by atoms with Gasteiger partial charge in [-0.1, -0.05) is 0 Å². The van der Waals surface area contributed by atoms with Crippen molar-refractivity contribution in [1.82, 2.24) is 0 Å². The van der Waals surface area contributed by atoms with Crippen LogP contribution >= 0.6 is 0 Å². The molecule has 1 radical (unpaired) electrons. The third-order valence-corrected chi connectivity index (χ3v) is 0. The summed E-state index contributed by atoms with van der Waals surface area (Å²) in [7, 11) is 0. The molecular formula is MnNNiO3-. The van der Waals surface area contributed by atoms with Crippen LogP contribution in [-0.4, -0.2) is 5.09 Å². The summed E-state index contributed by atoms with van der Waals surface area (Å²) in [6.07, 6.45) is 0. The van der Waals surface area contributed by atoms with Gasteiger partial charge in [-0.25, -0.2) is 0 Å². The fraction of sp³-hybridized carbons (Fsp3) is 0. The molecule has 0 unspecified atom stereocenters. The smallest absolute Gasteiger partial charge is 0.0689 e. The van der Waals surface area contributed by atoms with Gasteiger partial charge in [0.25, 0.3) is 0 Å². The number of rotatable bonds is 0. The van der Waals surface area contributed by atoms with E-state index in [0.717, 1.165) is 0 Å². The Kier molecular flexibility index (Phi) is 24.4. The molecule has 0 aliphatic rings. The Hall–Kier alpha value is 0.213. The van der Waals surface area contributed by atoms with Crippen molar-refractivity contribution in [3.05, 3.63) is 15.3 Å². The van der Waals surface area contributed by atoms with Gasteiger partial charge in [0.05, 0.1) is 5.09 Å². The van der Waals surface area contributed by atoms with E-state index in [9.17, 15) is 0 Å². The molecule has 0 saturated heterocycles. The van der Waals surface area contributed by atoms with Crippen LogP contribution in [0.2, 0.25) is 0 Å². The van der Waals surface area contributed by atoms with E-state index in [1.165, 1.54) is 0 Å². The van der Waals surface area contributed by atoms with Crippen LogP contribution in [0.5, 0.6) is 0 Å². The van der Waals surface area contributed by atoms with Gasteiger partial charge in [-0.05, 0) is 0 Å². The number of nitrogens with zero attached hydrogens (tertiary/aromatic N) is 1. The molecule has 0 bridgehead atoms. The number of hydrogen-bond donors (Lipinski definition) is 0. The summed E-state index contributed by atoms with van der Waals surface area (Å²) in [5, 5.41) is 14.8. The van der Waals surface area contributed by atoms with Crippen LogP contribution < -0.4 is 0 Å². The van der Waals surface area contributed by atoms with Gasteiger partial charge in [-0.15, -0.1) is 0 Å². The Morgan fingerprint density at radius 3 is 1.33 bits per heavy atom. The Labute approximate surface area is 54.4 Å². The zero-order valence-electron chi connectivity index (χ0n) is 2.37. The minimum Gasteiger partial charge on any atom is -0.356 e. The third-order valence-electron chi connectivity index (χ3n) is 0. The van der Waals surface area contributed by atoms with Crippen molar-refractivity contribution >= 4 is 0 Å². The first-order valence-corrected chi connectivity index (χ1v) is 0.548. The molecular weight excluding hydrogens is 176 g/mol. The Morgan fingerprint density at radius 2 is 1.33 bits per heavy atom. The second-order valence-electron chi connectivity index (χ2n) is 0.224. The van der Waals surface area contributed by atoms with Crippen molar-refractivity contribution in [2.45, 2.75) is 0 Å². The fourth-order valence-corrected chi connectivity index (χ4v) is 0. The SMILES string of the molecule is O=[N+]([O-])[O-].[Mn].[Ni]. The molecule has 0 fully saturated rings. The average Bonchev–Trinajstić information content (AvgIpc) is 0.811. The van der Waals surface area contributed by atoms with Gasteiger partial charge in [-0.2, -0.15) is 0 Å². The second-order valence-corrected chi connectivity index (χ2v) is 0.224. The van der Waals surface area contributed by atoms with Crippen molar-refractivity contribution < 1.29 is 38.6 Å². The molecule has 41 valence electrons. The fourth-order valence-electron chi connectivity index (χ4n) is 0. The molecule has 0 amide bonds. The van der Waals surface area contributed by atoms with E-state index in [0.29, 0.717) is 0 Å². The predicted molar refractivity (Wildman–Crippen MR) is 10.4 cm³/mol. The Bertz CT molecular complexity index is 33.8. The summed E-state index contributed by atoms with van der Waals surface area (Å²) in [6, 6.07) is 0. The summed E-state index contributed by atoms with van der Waals surface area (Å²) in [6.45, 7) is 0. The maximum atomic E-state index is 8.25. The molecule has 0 atom stereocenters. The van der Waals surface area contributed by atoms with E-state index < -0.39 is 5.09 Å². The molecule has 0 N–H and O–H groups in total. The van der Waals surface area contributed by atoms with Crippen molar-refractivity contribution in [2.24, 2.45) is 0 Å². The van der Waals surface area contributed by atoms with E-state index in [1.54, 1.807) is 0 Å². The van der Waals surface area contributed by atoms with Crippen molar-refractivity contribution in [2.75, 3.05) is 0 Å². The van der Waals surface area contributed by atoms with Crippen LogP contribution in [0.25, 0.3) is 0 Å². The molecule has 0 aromatic heterocycles. The summed E-state index contributed by atoms with van der Waals surface area (Å²) < 4.78 is 0. The quantitative estimate of drug-likeness (QED) is 0.290. The average molecular weight is 176 g/mol. The Balaban J connectivity index is -0.0000000450. The summed E-state index contributed by atoms with van der Waals surface area (Å²) >= 11 is 0. The first-order valence-electron chi connectivity index (χ1n) is 0.548.